The molecule has 0 unspecified atom stereocenters. The fraction of sp³-hybridized carbons (Fsp3) is 0.190. The molecule has 0 aliphatic heterocycles. The van der Waals surface area contributed by atoms with E-state index in [0.717, 1.165) is 5.69 Å². The predicted octanol–water partition coefficient (Wildman–Crippen LogP) is 4.23. The van der Waals surface area contributed by atoms with E-state index in [1.54, 1.807) is 22.8 Å². The van der Waals surface area contributed by atoms with Gasteiger partial charge in [0.1, 0.15) is 0 Å². The lowest BCUT2D eigenvalue weighted by Crippen LogP contribution is -2.22. The van der Waals surface area contributed by atoms with E-state index in [1.807, 2.05) is 44.2 Å². The van der Waals surface area contributed by atoms with E-state index in [4.69, 9.17) is 4.74 Å². The molecule has 1 aromatic heterocycles. The molecule has 0 radical (unpaired) electrons. The number of aromatic nitrogens is 2. The van der Waals surface area contributed by atoms with Crippen LogP contribution in [0.15, 0.2) is 70.1 Å². The lowest BCUT2D eigenvalue weighted by molar-refractivity contribution is 0.0601. The maximum Gasteiger partial charge on any atom is 0.337 e. The van der Waals surface area contributed by atoms with Gasteiger partial charge in [0, 0.05) is 5.75 Å². The second-order valence-electron chi connectivity index (χ2n) is 6.19. The van der Waals surface area contributed by atoms with Gasteiger partial charge < -0.3 is 4.74 Å². The van der Waals surface area contributed by atoms with Gasteiger partial charge in [0.25, 0.3) is 5.56 Å². The van der Waals surface area contributed by atoms with Crippen LogP contribution in [0.3, 0.4) is 0 Å². The van der Waals surface area contributed by atoms with Gasteiger partial charge >= 0.3 is 5.97 Å². The van der Waals surface area contributed by atoms with Crippen molar-refractivity contribution in [3.8, 4) is 5.69 Å². The minimum Gasteiger partial charge on any atom is -0.465 e. The first kappa shape index (κ1) is 18.9. The lowest BCUT2D eigenvalue weighted by Gasteiger charge is -2.13. The normalized spacial score (nSPS) is 10.6. The molecule has 5 nitrogen and oxygen atoms in total. The van der Waals surface area contributed by atoms with Gasteiger partial charge in [0.05, 0.1) is 29.3 Å². The highest BCUT2D eigenvalue weighted by atomic mass is 32.2. The number of carbonyl (C=O) groups excluding carboxylic acids is 1. The minimum atomic E-state index is -0.454. The molecule has 0 saturated carbocycles. The highest BCUT2D eigenvalue weighted by molar-refractivity contribution is 7.99. The van der Waals surface area contributed by atoms with Gasteiger partial charge in [-0.2, -0.15) is 0 Å². The second-order valence-corrected chi connectivity index (χ2v) is 7.17. The Morgan fingerprint density at radius 2 is 1.93 bits per heavy atom. The molecule has 1 heterocycles. The lowest BCUT2D eigenvalue weighted by atomic mass is 10.1. The molecular weight excluding hydrogens is 360 g/mol. The Morgan fingerprint density at radius 1 is 1.19 bits per heavy atom. The zero-order valence-electron chi connectivity index (χ0n) is 15.4. The summed E-state index contributed by atoms with van der Waals surface area (Å²) in [6.45, 7) is 4.06. The van der Waals surface area contributed by atoms with E-state index in [2.05, 4.69) is 11.1 Å². The van der Waals surface area contributed by atoms with Crippen LogP contribution < -0.4 is 5.56 Å². The smallest absolute Gasteiger partial charge is 0.337 e. The Bertz CT molecular complexity index is 1070. The number of allylic oxidation sites excluding steroid dienone is 1. The fourth-order valence-corrected chi connectivity index (χ4v) is 3.64. The van der Waals surface area contributed by atoms with E-state index in [9.17, 15) is 9.59 Å². The van der Waals surface area contributed by atoms with Crippen LogP contribution in [0.5, 0.6) is 0 Å². The zero-order chi connectivity index (χ0) is 19.4. The van der Waals surface area contributed by atoms with Gasteiger partial charge in [-0.25, -0.2) is 9.78 Å². The molecule has 0 saturated heterocycles. The molecule has 138 valence electrons. The third-order valence-corrected chi connectivity index (χ3v) is 4.84. The molecule has 0 fully saturated rings. The van der Waals surface area contributed by atoms with Crippen molar-refractivity contribution >= 4 is 28.6 Å². The maximum atomic E-state index is 13.2. The standard InChI is InChI=1S/C21H20N2O3S/c1-14(2)11-12-27-21-22-18-13-15(20(25)26-3)9-10-17(18)19(24)23(21)16-7-5-4-6-8-16/h4-11,13H,12H2,1-3H3. The first-order chi connectivity index (χ1) is 13.0. The zero-order valence-corrected chi connectivity index (χ0v) is 16.2. The molecule has 0 N–H and O–H groups in total. The van der Waals surface area contributed by atoms with Crippen LogP contribution in [0.1, 0.15) is 24.2 Å². The average molecular weight is 380 g/mol. The van der Waals surface area contributed by atoms with E-state index < -0.39 is 5.97 Å². The molecule has 0 atom stereocenters. The summed E-state index contributed by atoms with van der Waals surface area (Å²) in [6, 6.07) is 14.2. The Morgan fingerprint density at radius 3 is 2.59 bits per heavy atom. The Kier molecular flexibility index (Phi) is 5.76. The molecule has 6 heteroatoms. The van der Waals surface area contributed by atoms with Crippen LogP contribution in [-0.4, -0.2) is 28.4 Å². The highest BCUT2D eigenvalue weighted by Gasteiger charge is 2.15. The monoisotopic (exact) mass is 380 g/mol. The molecule has 0 spiro atoms. The van der Waals surface area contributed by atoms with Crippen molar-refractivity contribution in [3.63, 3.8) is 0 Å². The summed E-state index contributed by atoms with van der Waals surface area (Å²) in [5.74, 6) is 0.244. The fourth-order valence-electron chi connectivity index (χ4n) is 2.59. The number of benzene rings is 2. The number of para-hydroxylation sites is 1. The van der Waals surface area contributed by atoms with Crippen molar-refractivity contribution in [2.75, 3.05) is 12.9 Å². The first-order valence-corrected chi connectivity index (χ1v) is 9.46. The Hall–Kier alpha value is -2.86. The topological polar surface area (TPSA) is 61.2 Å². The number of carbonyl (C=O) groups is 1. The number of methoxy groups -OCH3 is 1. The van der Waals surface area contributed by atoms with Crippen LogP contribution >= 0.6 is 11.8 Å². The van der Waals surface area contributed by atoms with Crippen molar-refractivity contribution < 1.29 is 9.53 Å². The number of nitrogens with zero attached hydrogens (tertiary/aromatic N) is 2. The third-order valence-electron chi connectivity index (χ3n) is 3.98. The third kappa shape index (κ3) is 4.11. The number of rotatable bonds is 5. The summed E-state index contributed by atoms with van der Waals surface area (Å²) in [5, 5.41) is 1.04. The summed E-state index contributed by atoms with van der Waals surface area (Å²) in [6.07, 6.45) is 2.08. The van der Waals surface area contributed by atoms with Crippen LogP contribution in [0.25, 0.3) is 16.6 Å². The van der Waals surface area contributed by atoms with Gasteiger partial charge in [0.15, 0.2) is 5.16 Å². The van der Waals surface area contributed by atoms with Crippen LogP contribution in [0.2, 0.25) is 0 Å². The number of esters is 1. The molecule has 0 amide bonds. The van der Waals surface area contributed by atoms with Crippen molar-refractivity contribution in [3.05, 3.63) is 76.1 Å². The van der Waals surface area contributed by atoms with Crippen molar-refractivity contribution in [2.45, 2.75) is 19.0 Å². The number of thioether (sulfide) groups is 1. The predicted molar refractivity (Wildman–Crippen MR) is 109 cm³/mol. The van der Waals surface area contributed by atoms with Gasteiger partial charge in [-0.1, -0.05) is 41.6 Å². The molecule has 2 aromatic carbocycles. The number of ether oxygens (including phenoxy) is 1. The molecular formula is C21H20N2O3S. The van der Waals surface area contributed by atoms with Crippen molar-refractivity contribution in [2.24, 2.45) is 0 Å². The second kappa shape index (κ2) is 8.22. The number of fused-ring (bicyclic) bond motifs is 1. The Labute approximate surface area is 161 Å². The Balaban J connectivity index is 2.21. The number of hydrogen-bond acceptors (Lipinski definition) is 5. The highest BCUT2D eigenvalue weighted by Crippen LogP contribution is 2.22. The average Bonchev–Trinajstić information content (AvgIpc) is 2.67. The van der Waals surface area contributed by atoms with Gasteiger partial charge in [-0.05, 0) is 44.2 Å². The molecule has 0 aliphatic rings. The number of hydrogen-bond donors (Lipinski definition) is 0. The molecule has 27 heavy (non-hydrogen) atoms. The summed E-state index contributed by atoms with van der Waals surface area (Å²) in [4.78, 5) is 29.7. The van der Waals surface area contributed by atoms with Gasteiger partial charge in [-0.3, -0.25) is 9.36 Å². The van der Waals surface area contributed by atoms with E-state index in [-0.39, 0.29) is 5.56 Å². The molecule has 0 bridgehead atoms. The van der Waals surface area contributed by atoms with E-state index in [1.165, 1.54) is 24.4 Å². The van der Waals surface area contributed by atoms with Gasteiger partial charge in [-0.15, -0.1) is 0 Å². The molecule has 0 aliphatic carbocycles. The van der Waals surface area contributed by atoms with Crippen LogP contribution in [0, 0.1) is 0 Å². The largest absolute Gasteiger partial charge is 0.465 e. The summed E-state index contributed by atoms with van der Waals surface area (Å²) in [5.41, 5.74) is 2.64. The van der Waals surface area contributed by atoms with E-state index >= 15 is 0 Å². The van der Waals surface area contributed by atoms with Gasteiger partial charge in [0.2, 0.25) is 0 Å². The van der Waals surface area contributed by atoms with Crippen LogP contribution in [-0.2, 0) is 4.74 Å². The summed E-state index contributed by atoms with van der Waals surface area (Å²) < 4.78 is 6.38. The minimum absolute atomic E-state index is 0.165. The molecule has 3 rings (SSSR count). The van der Waals surface area contributed by atoms with Crippen LogP contribution in [0.4, 0.5) is 0 Å². The summed E-state index contributed by atoms with van der Waals surface area (Å²) in [7, 11) is 1.33. The molecule has 3 aromatic rings. The summed E-state index contributed by atoms with van der Waals surface area (Å²) >= 11 is 1.48. The van der Waals surface area contributed by atoms with Crippen molar-refractivity contribution in [1.82, 2.24) is 9.55 Å². The van der Waals surface area contributed by atoms with E-state index in [0.29, 0.717) is 27.4 Å². The first-order valence-electron chi connectivity index (χ1n) is 8.48. The maximum absolute atomic E-state index is 13.2. The quantitative estimate of drug-likeness (QED) is 0.287. The SMILES string of the molecule is COC(=O)c1ccc2c(=O)n(-c3ccccc3)c(SCC=C(C)C)nc2c1. The van der Waals surface area contributed by atoms with Crippen molar-refractivity contribution in [1.29, 1.82) is 0 Å².